The molecule has 3 amide bonds. The van der Waals surface area contributed by atoms with Gasteiger partial charge in [0.1, 0.15) is 6.61 Å². The maximum Gasteiger partial charge on any atom is 0.322 e. The van der Waals surface area contributed by atoms with Crippen LogP contribution in [0.15, 0.2) is 54.6 Å². The largest absolute Gasteiger partial charge is 0.375 e. The van der Waals surface area contributed by atoms with Gasteiger partial charge in [0.05, 0.1) is 6.04 Å². The minimum atomic E-state index is -0.249. The first kappa shape index (κ1) is 18.5. The molecule has 0 spiro atoms. The van der Waals surface area contributed by atoms with Crippen molar-refractivity contribution in [3.05, 3.63) is 60.2 Å². The van der Waals surface area contributed by atoms with Crippen LogP contribution in [0.1, 0.15) is 18.5 Å². The van der Waals surface area contributed by atoms with E-state index in [1.165, 1.54) is 7.11 Å². The van der Waals surface area contributed by atoms with Crippen molar-refractivity contribution in [3.8, 4) is 0 Å². The molecule has 0 heterocycles. The molecule has 25 heavy (non-hydrogen) atoms. The zero-order valence-corrected chi connectivity index (χ0v) is 14.7. The van der Waals surface area contributed by atoms with Crippen LogP contribution < -0.4 is 10.6 Å². The second kappa shape index (κ2) is 8.84. The molecule has 0 aliphatic heterocycles. The van der Waals surface area contributed by atoms with Crippen molar-refractivity contribution in [1.29, 1.82) is 0 Å². The van der Waals surface area contributed by atoms with Crippen LogP contribution in [-0.4, -0.2) is 37.6 Å². The zero-order valence-electron chi connectivity index (χ0n) is 14.7. The number of amides is 3. The number of urea groups is 1. The minimum absolute atomic E-state index is 0.0199. The molecule has 2 aromatic carbocycles. The molecule has 6 heteroatoms. The number of carbonyl (C=O) groups is 2. The molecule has 2 rings (SSSR count). The lowest BCUT2D eigenvalue weighted by atomic mass is 10.1. The molecule has 0 aromatic heterocycles. The van der Waals surface area contributed by atoms with Crippen LogP contribution in [0.5, 0.6) is 0 Å². The Balaban J connectivity index is 2.01. The Hall–Kier alpha value is -2.86. The lowest BCUT2D eigenvalue weighted by molar-refractivity contribution is -0.119. The van der Waals surface area contributed by atoms with Gasteiger partial charge in [-0.05, 0) is 30.7 Å². The van der Waals surface area contributed by atoms with Crippen molar-refractivity contribution in [2.24, 2.45) is 0 Å². The monoisotopic (exact) mass is 341 g/mol. The van der Waals surface area contributed by atoms with E-state index in [2.05, 4.69) is 10.6 Å². The topological polar surface area (TPSA) is 70.7 Å². The van der Waals surface area contributed by atoms with Crippen LogP contribution >= 0.6 is 0 Å². The van der Waals surface area contributed by atoms with E-state index in [4.69, 9.17) is 4.74 Å². The third-order valence-electron chi connectivity index (χ3n) is 3.86. The highest BCUT2D eigenvalue weighted by molar-refractivity contribution is 5.94. The fourth-order valence-corrected chi connectivity index (χ4v) is 2.35. The number of nitrogens with zero attached hydrogens (tertiary/aromatic N) is 1. The summed E-state index contributed by atoms with van der Waals surface area (Å²) in [4.78, 5) is 25.7. The Morgan fingerprint density at radius 1 is 1.04 bits per heavy atom. The summed E-state index contributed by atoms with van der Waals surface area (Å²) in [6.07, 6.45) is 0. The van der Waals surface area contributed by atoms with E-state index >= 15 is 0 Å². The summed E-state index contributed by atoms with van der Waals surface area (Å²) < 4.78 is 4.78. The van der Waals surface area contributed by atoms with Gasteiger partial charge in [-0.25, -0.2) is 4.79 Å². The molecule has 0 aliphatic carbocycles. The molecule has 0 saturated heterocycles. The highest BCUT2D eigenvalue weighted by Crippen LogP contribution is 2.20. The summed E-state index contributed by atoms with van der Waals surface area (Å²) in [5.74, 6) is -0.249. The molecule has 6 nitrogen and oxygen atoms in total. The zero-order chi connectivity index (χ0) is 18.2. The van der Waals surface area contributed by atoms with E-state index in [1.54, 1.807) is 36.2 Å². The van der Waals surface area contributed by atoms with Crippen LogP contribution in [0.2, 0.25) is 0 Å². The van der Waals surface area contributed by atoms with E-state index in [0.717, 1.165) is 5.56 Å². The molecule has 0 saturated carbocycles. The minimum Gasteiger partial charge on any atom is -0.375 e. The summed E-state index contributed by atoms with van der Waals surface area (Å²) in [6, 6.07) is 16.5. The van der Waals surface area contributed by atoms with Gasteiger partial charge in [0.15, 0.2) is 0 Å². The molecule has 132 valence electrons. The molecule has 1 atom stereocenters. The van der Waals surface area contributed by atoms with Gasteiger partial charge in [-0.3, -0.25) is 4.79 Å². The van der Waals surface area contributed by atoms with Crippen LogP contribution in [0.25, 0.3) is 0 Å². The fraction of sp³-hybridized carbons (Fsp3) is 0.263. The highest BCUT2D eigenvalue weighted by atomic mass is 16.5. The number of hydrogen-bond acceptors (Lipinski definition) is 3. The van der Waals surface area contributed by atoms with Gasteiger partial charge < -0.3 is 20.3 Å². The molecule has 0 radical (unpaired) electrons. The molecule has 2 N–H and O–H groups in total. The Bertz CT molecular complexity index is 719. The molecular formula is C19H23N3O3. The highest BCUT2D eigenvalue weighted by Gasteiger charge is 2.17. The van der Waals surface area contributed by atoms with Crippen molar-refractivity contribution >= 4 is 23.3 Å². The van der Waals surface area contributed by atoms with E-state index in [9.17, 15) is 9.59 Å². The lowest BCUT2D eigenvalue weighted by Crippen LogP contribution is -2.33. The standard InChI is InChI=1S/C19H23N3O3/c1-14(15-8-5-4-6-9-15)22(2)19(24)21-17-11-7-10-16(12-17)20-18(23)13-25-3/h4-12,14H,13H2,1-3H3,(H,20,23)(H,21,24)/t14-/m0/s1. The van der Waals surface area contributed by atoms with Crippen molar-refractivity contribution in [2.45, 2.75) is 13.0 Å². The summed E-state index contributed by atoms with van der Waals surface area (Å²) in [5.41, 5.74) is 2.26. The van der Waals surface area contributed by atoms with E-state index in [1.807, 2.05) is 37.3 Å². The van der Waals surface area contributed by atoms with Crippen molar-refractivity contribution in [2.75, 3.05) is 31.4 Å². The first-order valence-electron chi connectivity index (χ1n) is 7.99. The molecule has 0 aliphatic rings. The van der Waals surface area contributed by atoms with E-state index in [-0.39, 0.29) is 24.6 Å². The van der Waals surface area contributed by atoms with Gasteiger partial charge in [-0.2, -0.15) is 0 Å². The maximum atomic E-state index is 12.5. The van der Waals surface area contributed by atoms with Gasteiger partial charge >= 0.3 is 6.03 Å². The van der Waals surface area contributed by atoms with Crippen LogP contribution in [0.4, 0.5) is 16.2 Å². The van der Waals surface area contributed by atoms with E-state index < -0.39 is 0 Å². The second-order valence-corrected chi connectivity index (χ2v) is 5.69. The van der Waals surface area contributed by atoms with Crippen molar-refractivity contribution < 1.29 is 14.3 Å². The van der Waals surface area contributed by atoms with Gasteiger partial charge in [0.25, 0.3) is 0 Å². The number of ether oxygens (including phenoxy) is 1. The van der Waals surface area contributed by atoms with Gasteiger partial charge in [0, 0.05) is 25.5 Å². The maximum absolute atomic E-state index is 12.5. The average Bonchev–Trinajstić information content (AvgIpc) is 2.61. The fourth-order valence-electron chi connectivity index (χ4n) is 2.35. The number of benzene rings is 2. The Kier molecular flexibility index (Phi) is 6.54. The van der Waals surface area contributed by atoms with Crippen LogP contribution in [0, 0.1) is 0 Å². The lowest BCUT2D eigenvalue weighted by Gasteiger charge is -2.25. The number of carbonyl (C=O) groups excluding carboxylic acids is 2. The molecule has 2 aromatic rings. The number of rotatable bonds is 6. The smallest absolute Gasteiger partial charge is 0.322 e. The van der Waals surface area contributed by atoms with Crippen molar-refractivity contribution in [1.82, 2.24) is 4.90 Å². The summed E-state index contributed by atoms with van der Waals surface area (Å²) in [5, 5.41) is 5.55. The molecule has 0 fully saturated rings. The Morgan fingerprint density at radius 2 is 1.68 bits per heavy atom. The molecule has 0 unspecified atom stereocenters. The third-order valence-corrected chi connectivity index (χ3v) is 3.86. The van der Waals surface area contributed by atoms with Crippen molar-refractivity contribution in [3.63, 3.8) is 0 Å². The molecular weight excluding hydrogens is 318 g/mol. The first-order chi connectivity index (χ1) is 12.0. The SMILES string of the molecule is COCC(=O)Nc1cccc(NC(=O)N(C)[C@@H](C)c2ccccc2)c1. The Labute approximate surface area is 147 Å². The van der Waals surface area contributed by atoms with E-state index in [0.29, 0.717) is 11.4 Å². The summed E-state index contributed by atoms with van der Waals surface area (Å²) in [6.45, 7) is 1.95. The average molecular weight is 341 g/mol. The third kappa shape index (κ3) is 5.32. The predicted octanol–water partition coefficient (Wildman–Crippen LogP) is 3.50. The van der Waals surface area contributed by atoms with Gasteiger partial charge in [0.2, 0.25) is 5.91 Å². The van der Waals surface area contributed by atoms with Crippen LogP contribution in [-0.2, 0) is 9.53 Å². The quantitative estimate of drug-likeness (QED) is 0.845. The number of nitrogens with one attached hydrogen (secondary N) is 2. The normalized spacial score (nSPS) is 11.5. The van der Waals surface area contributed by atoms with Gasteiger partial charge in [-0.15, -0.1) is 0 Å². The van der Waals surface area contributed by atoms with Gasteiger partial charge in [-0.1, -0.05) is 36.4 Å². The first-order valence-corrected chi connectivity index (χ1v) is 7.99. The second-order valence-electron chi connectivity index (χ2n) is 5.69. The Morgan fingerprint density at radius 3 is 2.32 bits per heavy atom. The number of hydrogen-bond donors (Lipinski definition) is 2. The number of methoxy groups -OCH3 is 1. The molecule has 0 bridgehead atoms. The predicted molar refractivity (Wildman–Crippen MR) is 98.6 cm³/mol. The van der Waals surface area contributed by atoms with Crippen LogP contribution in [0.3, 0.4) is 0 Å². The summed E-state index contributed by atoms with van der Waals surface area (Å²) >= 11 is 0. The number of anilines is 2. The summed E-state index contributed by atoms with van der Waals surface area (Å²) in [7, 11) is 3.21.